The van der Waals surface area contributed by atoms with Crippen LogP contribution in [0.4, 0.5) is 0 Å². The minimum absolute atomic E-state index is 0.155. The van der Waals surface area contributed by atoms with Gasteiger partial charge in [-0.2, -0.15) is 0 Å². The van der Waals surface area contributed by atoms with Crippen molar-refractivity contribution in [1.82, 2.24) is 10.2 Å². The average molecular weight is 431 g/mol. The maximum absolute atomic E-state index is 13.1. The number of nitrogens with one attached hydrogen (secondary N) is 1. The fourth-order valence-electron chi connectivity index (χ4n) is 2.99. The van der Waals surface area contributed by atoms with Crippen LogP contribution < -0.4 is 10.1 Å². The van der Waals surface area contributed by atoms with Crippen LogP contribution in [-0.2, 0) is 16.1 Å². The van der Waals surface area contributed by atoms with Crippen LogP contribution in [0.2, 0.25) is 5.02 Å². The first kappa shape index (κ1) is 23.7. The van der Waals surface area contributed by atoms with Crippen LogP contribution in [0.25, 0.3) is 0 Å². The van der Waals surface area contributed by atoms with E-state index in [-0.39, 0.29) is 25.0 Å². The van der Waals surface area contributed by atoms with Crippen LogP contribution in [-0.4, -0.2) is 34.9 Å². The van der Waals surface area contributed by atoms with Gasteiger partial charge in [-0.15, -0.1) is 0 Å². The predicted molar refractivity (Wildman–Crippen MR) is 121 cm³/mol. The first-order valence-corrected chi connectivity index (χ1v) is 10.4. The van der Waals surface area contributed by atoms with Gasteiger partial charge in [0, 0.05) is 17.1 Å². The van der Waals surface area contributed by atoms with Crippen molar-refractivity contribution in [2.45, 2.75) is 59.7 Å². The molecular weight excluding hydrogens is 400 g/mol. The zero-order chi connectivity index (χ0) is 22.5. The van der Waals surface area contributed by atoms with E-state index in [1.165, 1.54) is 4.90 Å². The van der Waals surface area contributed by atoms with Crippen LogP contribution in [0.15, 0.2) is 42.5 Å². The number of hydrogen-bond donors (Lipinski definition) is 1. The maximum atomic E-state index is 13.1. The van der Waals surface area contributed by atoms with Gasteiger partial charge in [0.2, 0.25) is 5.91 Å². The number of amides is 2. The summed E-state index contributed by atoms with van der Waals surface area (Å²) >= 11 is 6.10. The van der Waals surface area contributed by atoms with Gasteiger partial charge in [-0.1, -0.05) is 35.9 Å². The van der Waals surface area contributed by atoms with Crippen molar-refractivity contribution >= 4 is 23.4 Å². The van der Waals surface area contributed by atoms with Crippen LogP contribution in [0.5, 0.6) is 5.75 Å². The normalized spacial score (nSPS) is 12.2. The summed E-state index contributed by atoms with van der Waals surface area (Å²) in [6.07, 6.45) is 0. The van der Waals surface area contributed by atoms with Crippen molar-refractivity contribution in [3.63, 3.8) is 0 Å². The highest BCUT2D eigenvalue weighted by molar-refractivity contribution is 6.30. The van der Waals surface area contributed by atoms with Crippen molar-refractivity contribution in [2.75, 3.05) is 6.61 Å². The molecule has 2 aromatic carbocycles. The molecule has 0 radical (unpaired) electrons. The zero-order valence-electron chi connectivity index (χ0n) is 18.6. The van der Waals surface area contributed by atoms with Gasteiger partial charge in [0.1, 0.15) is 11.8 Å². The van der Waals surface area contributed by atoms with Gasteiger partial charge in [0.25, 0.3) is 5.91 Å². The Labute approximate surface area is 184 Å². The van der Waals surface area contributed by atoms with E-state index in [0.717, 1.165) is 16.7 Å². The summed E-state index contributed by atoms with van der Waals surface area (Å²) in [5.74, 6) is 0.176. The quantitative estimate of drug-likeness (QED) is 0.694. The molecule has 1 atom stereocenters. The minimum Gasteiger partial charge on any atom is -0.483 e. The van der Waals surface area contributed by atoms with E-state index in [1.54, 1.807) is 19.1 Å². The molecule has 1 N–H and O–H groups in total. The number of nitrogens with zero attached hydrogens (tertiary/aromatic N) is 1. The van der Waals surface area contributed by atoms with Crippen LogP contribution >= 0.6 is 11.6 Å². The molecule has 0 saturated carbocycles. The number of rotatable bonds is 7. The van der Waals surface area contributed by atoms with Crippen LogP contribution in [0, 0.1) is 13.8 Å². The zero-order valence-corrected chi connectivity index (χ0v) is 19.3. The first-order chi connectivity index (χ1) is 14.0. The van der Waals surface area contributed by atoms with Gasteiger partial charge in [-0.3, -0.25) is 9.59 Å². The van der Waals surface area contributed by atoms with E-state index in [9.17, 15) is 9.59 Å². The molecule has 0 aliphatic rings. The van der Waals surface area contributed by atoms with Crippen molar-refractivity contribution in [3.8, 4) is 5.75 Å². The number of halogens is 1. The monoisotopic (exact) mass is 430 g/mol. The Bertz CT molecular complexity index is 906. The molecule has 0 aliphatic heterocycles. The molecule has 2 rings (SSSR count). The number of hydrogen-bond acceptors (Lipinski definition) is 3. The van der Waals surface area contributed by atoms with Crippen molar-refractivity contribution in [3.05, 3.63) is 64.2 Å². The highest BCUT2D eigenvalue weighted by Crippen LogP contribution is 2.21. The summed E-state index contributed by atoms with van der Waals surface area (Å²) in [6, 6.07) is 12.3. The van der Waals surface area contributed by atoms with Gasteiger partial charge in [-0.25, -0.2) is 0 Å². The van der Waals surface area contributed by atoms with E-state index in [0.29, 0.717) is 10.8 Å². The maximum Gasteiger partial charge on any atom is 0.261 e. The molecule has 0 unspecified atom stereocenters. The van der Waals surface area contributed by atoms with Gasteiger partial charge < -0.3 is 15.0 Å². The summed E-state index contributed by atoms with van der Waals surface area (Å²) in [5.41, 5.74) is 2.53. The van der Waals surface area contributed by atoms with E-state index in [1.807, 2.05) is 65.0 Å². The Morgan fingerprint density at radius 1 is 1.13 bits per heavy atom. The molecule has 0 spiro atoms. The lowest BCUT2D eigenvalue weighted by atomic mass is 10.1. The largest absolute Gasteiger partial charge is 0.483 e. The Morgan fingerprint density at radius 2 is 1.80 bits per heavy atom. The topological polar surface area (TPSA) is 58.6 Å². The summed E-state index contributed by atoms with van der Waals surface area (Å²) in [4.78, 5) is 27.4. The molecule has 0 aliphatic carbocycles. The van der Waals surface area contributed by atoms with Crippen molar-refractivity contribution < 1.29 is 14.3 Å². The van der Waals surface area contributed by atoms with Crippen LogP contribution in [0.1, 0.15) is 44.4 Å². The van der Waals surface area contributed by atoms with E-state index < -0.39 is 11.6 Å². The third kappa shape index (κ3) is 6.77. The molecule has 6 heteroatoms. The van der Waals surface area contributed by atoms with Gasteiger partial charge in [-0.05, 0) is 76.4 Å². The van der Waals surface area contributed by atoms with E-state index in [4.69, 9.17) is 16.3 Å². The second-order valence-corrected chi connectivity index (χ2v) is 8.99. The van der Waals surface area contributed by atoms with Crippen molar-refractivity contribution in [2.24, 2.45) is 0 Å². The smallest absolute Gasteiger partial charge is 0.261 e. The predicted octanol–water partition coefficient (Wildman–Crippen LogP) is 4.67. The third-order valence-corrected chi connectivity index (χ3v) is 5.05. The third-order valence-electron chi connectivity index (χ3n) is 4.81. The summed E-state index contributed by atoms with van der Waals surface area (Å²) in [5, 5.41) is 3.52. The highest BCUT2D eigenvalue weighted by Gasteiger charge is 2.28. The SMILES string of the molecule is Cc1cccc(OCC(=O)N(Cc2cccc(Cl)c2)[C@H](C)C(=O)NC(C)(C)C)c1C. The molecular formula is C24H31ClN2O3. The van der Waals surface area contributed by atoms with Crippen LogP contribution in [0.3, 0.4) is 0 Å². The lowest BCUT2D eigenvalue weighted by Crippen LogP contribution is -2.53. The number of carbonyl (C=O) groups is 2. The molecule has 5 nitrogen and oxygen atoms in total. The van der Waals surface area contributed by atoms with Crippen molar-refractivity contribution in [1.29, 1.82) is 0 Å². The standard InChI is InChI=1S/C24H31ClN2O3/c1-16-9-7-12-21(17(16)2)30-15-22(28)27(14-19-10-8-11-20(25)13-19)18(3)23(29)26-24(4,5)6/h7-13,18H,14-15H2,1-6H3,(H,26,29)/t18-/m1/s1. The average Bonchev–Trinajstić information content (AvgIpc) is 2.65. The molecule has 0 heterocycles. The summed E-state index contributed by atoms with van der Waals surface area (Å²) in [6.45, 7) is 11.5. The second kappa shape index (κ2) is 9.98. The van der Waals surface area contributed by atoms with Gasteiger partial charge in [0.15, 0.2) is 6.61 Å². The summed E-state index contributed by atoms with van der Waals surface area (Å²) < 4.78 is 5.80. The Kier molecular flexibility index (Phi) is 7.90. The summed E-state index contributed by atoms with van der Waals surface area (Å²) in [7, 11) is 0. The lowest BCUT2D eigenvalue weighted by molar-refractivity contribution is -0.142. The molecule has 2 amide bonds. The second-order valence-electron chi connectivity index (χ2n) is 8.55. The Morgan fingerprint density at radius 3 is 2.43 bits per heavy atom. The number of benzene rings is 2. The van der Waals surface area contributed by atoms with E-state index in [2.05, 4.69) is 5.32 Å². The first-order valence-electron chi connectivity index (χ1n) is 10.0. The Balaban J connectivity index is 2.21. The highest BCUT2D eigenvalue weighted by atomic mass is 35.5. The number of ether oxygens (including phenoxy) is 1. The Hall–Kier alpha value is -2.53. The molecule has 2 aromatic rings. The van der Waals surface area contributed by atoms with Gasteiger partial charge >= 0.3 is 0 Å². The molecule has 0 fully saturated rings. The lowest BCUT2D eigenvalue weighted by Gasteiger charge is -2.31. The molecule has 162 valence electrons. The molecule has 0 aromatic heterocycles. The minimum atomic E-state index is -0.669. The number of carbonyl (C=O) groups excluding carboxylic acids is 2. The fourth-order valence-corrected chi connectivity index (χ4v) is 3.20. The molecule has 30 heavy (non-hydrogen) atoms. The van der Waals surface area contributed by atoms with Gasteiger partial charge in [0.05, 0.1) is 0 Å². The fraction of sp³-hybridized carbons (Fsp3) is 0.417. The van der Waals surface area contributed by atoms with E-state index >= 15 is 0 Å². The number of aryl methyl sites for hydroxylation is 1. The molecule has 0 bridgehead atoms. The molecule has 0 saturated heterocycles.